The van der Waals surface area contributed by atoms with Gasteiger partial charge in [-0.2, -0.15) is 0 Å². The number of morpholine rings is 1. The molecule has 1 atom stereocenters. The molecule has 2 aromatic carbocycles. The van der Waals surface area contributed by atoms with Crippen molar-refractivity contribution in [1.82, 2.24) is 9.80 Å². The average Bonchev–Trinajstić information content (AvgIpc) is 3.16. The predicted octanol–water partition coefficient (Wildman–Crippen LogP) is 2.24. The van der Waals surface area contributed by atoms with Gasteiger partial charge < -0.3 is 24.2 Å². The number of carbonyl (C=O) groups is 3. The zero-order valence-corrected chi connectivity index (χ0v) is 19.7. The van der Waals surface area contributed by atoms with Crippen LogP contribution in [0.3, 0.4) is 0 Å². The van der Waals surface area contributed by atoms with E-state index in [0.717, 1.165) is 13.1 Å². The van der Waals surface area contributed by atoms with Crippen molar-refractivity contribution >= 4 is 23.4 Å². The number of carbonyl (C=O) groups excluding carboxylic acids is 3. The zero-order chi connectivity index (χ0) is 24.9. The van der Waals surface area contributed by atoms with E-state index in [1.165, 1.54) is 19.1 Å². The monoisotopic (exact) mass is 480 g/mol. The van der Waals surface area contributed by atoms with E-state index < -0.39 is 23.7 Å². The molecule has 1 amide bonds. The summed E-state index contributed by atoms with van der Waals surface area (Å²) < 4.78 is 15.3. The molecule has 184 valence electrons. The summed E-state index contributed by atoms with van der Waals surface area (Å²) in [6.45, 7) is 3.59. The number of ether oxygens (including phenoxy) is 3. The number of Topliss-reactive ketones (excluding diaryl/α,β-unsaturated/α-hetero) is 1. The normalized spacial score (nSPS) is 20.2. The molecule has 2 fully saturated rings. The molecular formula is C26H28N2O7. The van der Waals surface area contributed by atoms with Gasteiger partial charge in [-0.15, -0.1) is 0 Å². The number of ketones is 1. The van der Waals surface area contributed by atoms with Gasteiger partial charge in [-0.25, -0.2) is 4.79 Å². The van der Waals surface area contributed by atoms with E-state index >= 15 is 0 Å². The van der Waals surface area contributed by atoms with Crippen LogP contribution in [0.25, 0.3) is 5.76 Å². The average molecular weight is 481 g/mol. The fraction of sp³-hybridized carbons (Fsp3) is 0.346. The van der Waals surface area contributed by atoms with Gasteiger partial charge in [-0.05, 0) is 42.0 Å². The van der Waals surface area contributed by atoms with Gasteiger partial charge in [-0.3, -0.25) is 14.5 Å². The molecule has 0 aliphatic carbocycles. The van der Waals surface area contributed by atoms with E-state index in [-0.39, 0.29) is 11.3 Å². The van der Waals surface area contributed by atoms with Crippen LogP contribution in [-0.2, 0) is 19.1 Å². The molecule has 4 rings (SSSR count). The van der Waals surface area contributed by atoms with Crippen LogP contribution in [0, 0.1) is 0 Å². The molecule has 0 unspecified atom stereocenters. The number of aliphatic hydroxyl groups excluding tert-OH is 1. The smallest absolute Gasteiger partial charge is 0.337 e. The Hall–Kier alpha value is -3.69. The summed E-state index contributed by atoms with van der Waals surface area (Å²) in [5.41, 5.74) is 1.35. The van der Waals surface area contributed by atoms with Crippen molar-refractivity contribution in [3.63, 3.8) is 0 Å². The van der Waals surface area contributed by atoms with Crippen LogP contribution in [0.15, 0.2) is 54.1 Å². The van der Waals surface area contributed by atoms with E-state index in [4.69, 9.17) is 14.2 Å². The minimum absolute atomic E-state index is 0.00737. The van der Waals surface area contributed by atoms with Gasteiger partial charge in [0, 0.05) is 31.7 Å². The Labute approximate surface area is 203 Å². The Morgan fingerprint density at radius 2 is 1.60 bits per heavy atom. The number of rotatable bonds is 7. The highest BCUT2D eigenvalue weighted by atomic mass is 16.5. The lowest BCUT2D eigenvalue weighted by Gasteiger charge is -2.31. The number of benzene rings is 2. The molecule has 9 heteroatoms. The Morgan fingerprint density at radius 1 is 0.971 bits per heavy atom. The van der Waals surface area contributed by atoms with Crippen molar-refractivity contribution < 1.29 is 33.7 Å². The van der Waals surface area contributed by atoms with Gasteiger partial charge in [-0.1, -0.05) is 12.1 Å². The number of nitrogens with zero attached hydrogens (tertiary/aromatic N) is 2. The van der Waals surface area contributed by atoms with Gasteiger partial charge in [0.15, 0.2) is 0 Å². The zero-order valence-electron chi connectivity index (χ0n) is 19.7. The van der Waals surface area contributed by atoms with Gasteiger partial charge >= 0.3 is 5.97 Å². The Kier molecular flexibility index (Phi) is 7.48. The van der Waals surface area contributed by atoms with Gasteiger partial charge in [0.2, 0.25) is 0 Å². The second kappa shape index (κ2) is 10.7. The third-order valence-corrected chi connectivity index (χ3v) is 6.31. The van der Waals surface area contributed by atoms with Gasteiger partial charge in [0.1, 0.15) is 11.5 Å². The molecule has 0 saturated carbocycles. The van der Waals surface area contributed by atoms with Crippen molar-refractivity contribution in [2.45, 2.75) is 6.04 Å². The Morgan fingerprint density at radius 3 is 2.20 bits per heavy atom. The highest BCUT2D eigenvalue weighted by Crippen LogP contribution is 2.39. The summed E-state index contributed by atoms with van der Waals surface area (Å²) in [6, 6.07) is 12.3. The molecule has 0 spiro atoms. The standard InChI is InChI=1S/C26H28N2O7/c1-33-20-9-7-18(8-10-20)23(29)21-22(17-3-5-19(6-4-17)26(32)34-2)28(25(31)24(21)30)12-11-27-13-15-35-16-14-27/h3-10,22,29H,11-16H2,1-2H3/b23-21+/t22-/m1/s1. The van der Waals surface area contributed by atoms with Crippen molar-refractivity contribution in [3.05, 3.63) is 70.8 Å². The van der Waals surface area contributed by atoms with Crippen molar-refractivity contribution in [2.24, 2.45) is 0 Å². The number of esters is 1. The lowest BCUT2D eigenvalue weighted by Crippen LogP contribution is -2.42. The summed E-state index contributed by atoms with van der Waals surface area (Å²) in [5, 5.41) is 11.2. The first-order chi connectivity index (χ1) is 16.9. The minimum atomic E-state index is -0.801. The van der Waals surface area contributed by atoms with E-state index in [1.54, 1.807) is 48.5 Å². The molecule has 35 heavy (non-hydrogen) atoms. The second-order valence-corrected chi connectivity index (χ2v) is 8.29. The summed E-state index contributed by atoms with van der Waals surface area (Å²) in [6.07, 6.45) is 0. The molecule has 0 bridgehead atoms. The fourth-order valence-electron chi connectivity index (χ4n) is 4.35. The minimum Gasteiger partial charge on any atom is -0.507 e. The molecule has 2 heterocycles. The van der Waals surface area contributed by atoms with E-state index in [9.17, 15) is 19.5 Å². The SMILES string of the molecule is COC(=O)c1ccc([C@@H]2/C(=C(\O)c3ccc(OC)cc3)C(=O)C(=O)N2CCN2CCOCC2)cc1. The molecule has 2 aliphatic heterocycles. The number of amides is 1. The van der Waals surface area contributed by atoms with Crippen LogP contribution in [0.4, 0.5) is 0 Å². The first-order valence-electron chi connectivity index (χ1n) is 11.4. The second-order valence-electron chi connectivity index (χ2n) is 8.29. The predicted molar refractivity (Wildman–Crippen MR) is 127 cm³/mol. The van der Waals surface area contributed by atoms with Gasteiger partial charge in [0.05, 0.1) is 44.6 Å². The maximum Gasteiger partial charge on any atom is 0.337 e. The quantitative estimate of drug-likeness (QED) is 0.278. The van der Waals surface area contributed by atoms with Crippen molar-refractivity contribution in [2.75, 3.05) is 53.6 Å². The van der Waals surface area contributed by atoms with Crippen LogP contribution < -0.4 is 4.74 Å². The highest BCUT2D eigenvalue weighted by Gasteiger charge is 2.46. The molecule has 1 N–H and O–H groups in total. The van der Waals surface area contributed by atoms with E-state index in [0.29, 0.717) is 48.7 Å². The molecule has 2 aliphatic rings. The number of hydrogen-bond acceptors (Lipinski definition) is 8. The van der Waals surface area contributed by atoms with Crippen LogP contribution in [0.5, 0.6) is 5.75 Å². The van der Waals surface area contributed by atoms with Crippen molar-refractivity contribution in [1.29, 1.82) is 0 Å². The van der Waals surface area contributed by atoms with E-state index in [2.05, 4.69) is 4.90 Å². The first kappa shape index (κ1) is 24.4. The number of aliphatic hydroxyl groups is 1. The van der Waals surface area contributed by atoms with E-state index in [1.807, 2.05) is 0 Å². The topological polar surface area (TPSA) is 106 Å². The first-order valence-corrected chi connectivity index (χ1v) is 11.4. The summed E-state index contributed by atoms with van der Waals surface area (Å²) in [5.74, 6) is -1.57. The molecule has 0 aromatic heterocycles. The lowest BCUT2D eigenvalue weighted by atomic mass is 9.94. The highest BCUT2D eigenvalue weighted by molar-refractivity contribution is 6.46. The number of hydrogen-bond donors (Lipinski definition) is 1. The molecular weight excluding hydrogens is 452 g/mol. The molecule has 2 aromatic rings. The molecule has 0 radical (unpaired) electrons. The summed E-state index contributed by atoms with van der Waals surface area (Å²) in [4.78, 5) is 41.8. The maximum atomic E-state index is 13.2. The summed E-state index contributed by atoms with van der Waals surface area (Å²) in [7, 11) is 2.83. The number of likely N-dealkylation sites (tertiary alicyclic amines) is 1. The fourth-order valence-corrected chi connectivity index (χ4v) is 4.35. The third kappa shape index (κ3) is 5.06. The Balaban J connectivity index is 1.73. The van der Waals surface area contributed by atoms with Gasteiger partial charge in [0.25, 0.3) is 11.7 Å². The van der Waals surface area contributed by atoms with Crippen LogP contribution in [0.2, 0.25) is 0 Å². The maximum absolute atomic E-state index is 13.2. The van der Waals surface area contributed by atoms with Crippen LogP contribution in [0.1, 0.15) is 27.5 Å². The van der Waals surface area contributed by atoms with Crippen LogP contribution >= 0.6 is 0 Å². The Bertz CT molecular complexity index is 1120. The number of methoxy groups -OCH3 is 2. The molecule has 2 saturated heterocycles. The lowest BCUT2D eigenvalue weighted by molar-refractivity contribution is -0.140. The van der Waals surface area contributed by atoms with Crippen LogP contribution in [-0.4, -0.2) is 86.2 Å². The largest absolute Gasteiger partial charge is 0.507 e. The van der Waals surface area contributed by atoms with Crippen molar-refractivity contribution in [3.8, 4) is 5.75 Å². The summed E-state index contributed by atoms with van der Waals surface area (Å²) >= 11 is 0. The third-order valence-electron chi connectivity index (χ3n) is 6.31. The molecule has 9 nitrogen and oxygen atoms in total.